The van der Waals surface area contributed by atoms with Crippen molar-refractivity contribution >= 4 is 27.5 Å². The monoisotopic (exact) mass is 332 g/mol. The third kappa shape index (κ3) is 2.80. The van der Waals surface area contributed by atoms with Gasteiger partial charge in [0.1, 0.15) is 0 Å². The lowest BCUT2D eigenvalue weighted by molar-refractivity contribution is -0.387. The van der Waals surface area contributed by atoms with Crippen LogP contribution in [-0.4, -0.2) is 9.91 Å². The van der Waals surface area contributed by atoms with Crippen molar-refractivity contribution in [2.24, 2.45) is 0 Å². The largest absolute Gasteiger partial charge is 0.304 e. The van der Waals surface area contributed by atoms with Crippen LogP contribution in [0.4, 0.5) is 10.1 Å². The van der Waals surface area contributed by atoms with Crippen LogP contribution in [-0.2, 0) is 6.42 Å². The van der Waals surface area contributed by atoms with E-state index in [0.29, 0.717) is 12.0 Å². The van der Waals surface area contributed by atoms with Gasteiger partial charge in [0.2, 0.25) is 5.82 Å². The van der Waals surface area contributed by atoms with Gasteiger partial charge in [0.25, 0.3) is 0 Å². The van der Waals surface area contributed by atoms with Crippen LogP contribution in [0.25, 0.3) is 21.8 Å². The Morgan fingerprint density at radius 3 is 2.56 bits per heavy atom. The summed E-state index contributed by atoms with van der Waals surface area (Å²) >= 11 is 0. The molecule has 0 aliphatic rings. The fourth-order valence-electron chi connectivity index (χ4n) is 3.04. The van der Waals surface area contributed by atoms with Crippen LogP contribution in [0.1, 0.15) is 11.1 Å². The minimum atomic E-state index is -0.814. The lowest BCUT2D eigenvalue weighted by Gasteiger charge is -2.08. The molecule has 0 fully saturated rings. The molecule has 1 aromatic heterocycles. The van der Waals surface area contributed by atoms with Gasteiger partial charge in [0.15, 0.2) is 0 Å². The summed E-state index contributed by atoms with van der Waals surface area (Å²) in [4.78, 5) is 14.7. The van der Waals surface area contributed by atoms with E-state index < -0.39 is 16.4 Å². The van der Waals surface area contributed by atoms with Crippen molar-refractivity contribution in [2.75, 3.05) is 0 Å². The van der Waals surface area contributed by atoms with Gasteiger partial charge in [0.05, 0.1) is 16.0 Å². The summed E-state index contributed by atoms with van der Waals surface area (Å²) in [6.45, 7) is 0. The SMILES string of the molecule is O=[N+]([O-])c1ccc(Cc2cccc3nc4ccccc4cc23)cc1F. The van der Waals surface area contributed by atoms with Gasteiger partial charge in [-0.1, -0.05) is 36.4 Å². The molecule has 122 valence electrons. The molecule has 3 aromatic carbocycles. The van der Waals surface area contributed by atoms with Gasteiger partial charge in [-0.15, -0.1) is 0 Å². The molecule has 5 heteroatoms. The van der Waals surface area contributed by atoms with E-state index in [4.69, 9.17) is 0 Å². The van der Waals surface area contributed by atoms with Gasteiger partial charge in [-0.05, 0) is 41.8 Å². The Balaban J connectivity index is 1.80. The predicted molar refractivity (Wildman–Crippen MR) is 95.1 cm³/mol. The number of pyridine rings is 1. The zero-order valence-electron chi connectivity index (χ0n) is 13.1. The highest BCUT2D eigenvalue weighted by Crippen LogP contribution is 2.26. The molecule has 0 N–H and O–H groups in total. The third-order valence-electron chi connectivity index (χ3n) is 4.25. The summed E-state index contributed by atoms with van der Waals surface area (Å²) in [5.74, 6) is -0.814. The first-order chi connectivity index (χ1) is 12.1. The Kier molecular flexibility index (Phi) is 3.61. The number of aromatic nitrogens is 1. The number of hydrogen-bond donors (Lipinski definition) is 0. The van der Waals surface area contributed by atoms with Crippen LogP contribution in [0, 0.1) is 15.9 Å². The number of hydrogen-bond acceptors (Lipinski definition) is 3. The standard InChI is InChI=1S/C20H13FN2O2/c21-17-11-13(8-9-20(17)23(24)25)10-14-5-3-7-19-16(14)12-15-4-1-2-6-18(15)22-19/h1-9,11-12H,10H2. The first kappa shape index (κ1) is 15.2. The molecular formula is C20H13FN2O2. The van der Waals surface area contributed by atoms with Gasteiger partial charge in [-0.2, -0.15) is 4.39 Å². The van der Waals surface area contributed by atoms with E-state index in [1.165, 1.54) is 12.1 Å². The van der Waals surface area contributed by atoms with Crippen LogP contribution < -0.4 is 0 Å². The summed E-state index contributed by atoms with van der Waals surface area (Å²) in [6.07, 6.45) is 0.478. The zero-order valence-corrected chi connectivity index (χ0v) is 13.1. The maximum atomic E-state index is 13.9. The Hall–Kier alpha value is -3.34. The van der Waals surface area contributed by atoms with E-state index >= 15 is 0 Å². The molecule has 4 nitrogen and oxygen atoms in total. The maximum absolute atomic E-state index is 13.9. The van der Waals surface area contributed by atoms with Gasteiger partial charge in [-0.3, -0.25) is 10.1 Å². The van der Waals surface area contributed by atoms with Crippen LogP contribution in [0.15, 0.2) is 66.7 Å². The molecule has 0 spiro atoms. The average molecular weight is 332 g/mol. The molecule has 4 aromatic rings. The second-order valence-corrected chi connectivity index (χ2v) is 5.88. The minimum Gasteiger partial charge on any atom is -0.258 e. The number of para-hydroxylation sites is 1. The summed E-state index contributed by atoms with van der Waals surface area (Å²) in [5, 5.41) is 12.8. The molecular weight excluding hydrogens is 319 g/mol. The van der Waals surface area contributed by atoms with E-state index in [0.717, 1.165) is 27.4 Å². The lowest BCUT2D eigenvalue weighted by atomic mass is 9.99. The van der Waals surface area contributed by atoms with Crippen LogP contribution in [0.5, 0.6) is 0 Å². The minimum absolute atomic E-state index is 0.478. The highest BCUT2D eigenvalue weighted by Gasteiger charge is 2.14. The number of nitro groups is 1. The second-order valence-electron chi connectivity index (χ2n) is 5.88. The predicted octanol–water partition coefficient (Wildman–Crippen LogP) is 5.03. The van der Waals surface area contributed by atoms with E-state index in [-0.39, 0.29) is 0 Å². The summed E-state index contributed by atoms with van der Waals surface area (Å²) in [7, 11) is 0. The Morgan fingerprint density at radius 2 is 1.76 bits per heavy atom. The van der Waals surface area contributed by atoms with Gasteiger partial charge in [0, 0.05) is 16.8 Å². The fourth-order valence-corrected chi connectivity index (χ4v) is 3.04. The van der Waals surface area contributed by atoms with Gasteiger partial charge >= 0.3 is 5.69 Å². The summed E-state index contributed by atoms with van der Waals surface area (Å²) < 4.78 is 13.9. The van der Waals surface area contributed by atoms with Gasteiger partial charge in [-0.25, -0.2) is 4.98 Å². The second kappa shape index (κ2) is 5.94. The van der Waals surface area contributed by atoms with Crippen molar-refractivity contribution in [3.63, 3.8) is 0 Å². The van der Waals surface area contributed by atoms with E-state index in [1.807, 2.05) is 42.5 Å². The van der Waals surface area contributed by atoms with Crippen molar-refractivity contribution < 1.29 is 9.31 Å². The van der Waals surface area contributed by atoms with E-state index in [9.17, 15) is 14.5 Å². The Bertz CT molecular complexity index is 1130. The number of fused-ring (bicyclic) bond motifs is 2. The maximum Gasteiger partial charge on any atom is 0.304 e. The highest BCUT2D eigenvalue weighted by molar-refractivity contribution is 5.94. The molecule has 0 atom stereocenters. The van der Waals surface area contributed by atoms with Crippen molar-refractivity contribution in [2.45, 2.75) is 6.42 Å². The first-order valence-electron chi connectivity index (χ1n) is 7.82. The normalized spacial score (nSPS) is 11.1. The molecule has 0 saturated heterocycles. The third-order valence-corrected chi connectivity index (χ3v) is 4.25. The highest BCUT2D eigenvalue weighted by atomic mass is 19.1. The van der Waals surface area contributed by atoms with Crippen molar-refractivity contribution in [1.82, 2.24) is 4.98 Å². The molecule has 0 amide bonds. The Labute approximate surface area is 142 Å². The number of halogens is 1. The molecule has 0 radical (unpaired) electrons. The lowest BCUT2D eigenvalue weighted by Crippen LogP contribution is -1.96. The molecule has 0 saturated carbocycles. The van der Waals surface area contributed by atoms with E-state index in [2.05, 4.69) is 11.1 Å². The number of nitrogens with zero attached hydrogens (tertiary/aromatic N) is 2. The molecule has 4 rings (SSSR count). The summed E-state index contributed by atoms with van der Waals surface area (Å²) in [5.41, 5.74) is 2.98. The number of benzene rings is 3. The fraction of sp³-hybridized carbons (Fsp3) is 0.0500. The van der Waals surface area contributed by atoms with Crippen molar-refractivity contribution in [3.8, 4) is 0 Å². The molecule has 25 heavy (non-hydrogen) atoms. The number of rotatable bonds is 3. The molecule has 0 bridgehead atoms. The average Bonchev–Trinajstić information content (AvgIpc) is 2.60. The topological polar surface area (TPSA) is 56.0 Å². The smallest absolute Gasteiger partial charge is 0.258 e. The van der Waals surface area contributed by atoms with Crippen molar-refractivity contribution in [3.05, 3.63) is 93.8 Å². The number of nitro benzene ring substituents is 1. The zero-order chi connectivity index (χ0) is 17.4. The summed E-state index contributed by atoms with van der Waals surface area (Å²) in [6, 6.07) is 19.8. The Morgan fingerprint density at radius 1 is 0.960 bits per heavy atom. The van der Waals surface area contributed by atoms with Crippen molar-refractivity contribution in [1.29, 1.82) is 0 Å². The van der Waals surface area contributed by atoms with Crippen LogP contribution in [0.2, 0.25) is 0 Å². The van der Waals surface area contributed by atoms with Crippen LogP contribution in [0.3, 0.4) is 0 Å². The quantitative estimate of drug-likeness (QED) is 0.300. The molecule has 0 unspecified atom stereocenters. The van der Waals surface area contributed by atoms with E-state index in [1.54, 1.807) is 6.07 Å². The first-order valence-corrected chi connectivity index (χ1v) is 7.82. The van der Waals surface area contributed by atoms with Gasteiger partial charge < -0.3 is 0 Å². The van der Waals surface area contributed by atoms with Crippen LogP contribution >= 0.6 is 0 Å². The molecule has 0 aliphatic heterocycles. The molecule has 1 heterocycles. The molecule has 0 aliphatic carbocycles.